The van der Waals surface area contributed by atoms with Gasteiger partial charge in [-0.2, -0.15) is 0 Å². The zero-order chi connectivity index (χ0) is 9.30. The lowest BCUT2D eigenvalue weighted by Crippen LogP contribution is -1.91. The highest BCUT2D eigenvalue weighted by atomic mass is 35.5. The van der Waals surface area contributed by atoms with Gasteiger partial charge in [-0.15, -0.1) is 0 Å². The van der Waals surface area contributed by atoms with Crippen LogP contribution in [0.3, 0.4) is 0 Å². The van der Waals surface area contributed by atoms with Crippen molar-refractivity contribution in [2.45, 2.75) is 33.6 Å². The second-order valence-corrected chi connectivity index (χ2v) is 4.02. The van der Waals surface area contributed by atoms with Crippen molar-refractivity contribution in [1.29, 1.82) is 0 Å². The molecule has 0 aliphatic carbocycles. The highest BCUT2D eigenvalue weighted by Crippen LogP contribution is 2.26. The van der Waals surface area contributed by atoms with E-state index in [-0.39, 0.29) is 0 Å². The third-order valence-electron chi connectivity index (χ3n) is 2.24. The second kappa shape index (κ2) is 3.49. The lowest BCUT2D eigenvalue weighted by atomic mass is 9.98. The van der Waals surface area contributed by atoms with E-state index in [0.717, 1.165) is 5.02 Å². The maximum atomic E-state index is 6.10. The van der Waals surface area contributed by atoms with Crippen molar-refractivity contribution in [2.75, 3.05) is 0 Å². The van der Waals surface area contributed by atoms with Gasteiger partial charge in [0.25, 0.3) is 0 Å². The molecule has 0 aliphatic rings. The standard InChI is InChI=1S/C11H15Cl/c1-7(2)10-5-8(3)9(4)6-11(10)12/h5-7H,1-4H3. The molecule has 1 rings (SSSR count). The first-order valence-electron chi connectivity index (χ1n) is 4.29. The van der Waals surface area contributed by atoms with Crippen molar-refractivity contribution < 1.29 is 0 Å². The van der Waals surface area contributed by atoms with Crippen LogP contribution in [-0.4, -0.2) is 0 Å². The molecule has 0 bridgehead atoms. The summed E-state index contributed by atoms with van der Waals surface area (Å²) in [7, 11) is 0. The van der Waals surface area contributed by atoms with Crippen LogP contribution in [0.5, 0.6) is 0 Å². The molecule has 0 atom stereocenters. The normalized spacial score (nSPS) is 10.8. The number of hydrogen-bond donors (Lipinski definition) is 0. The van der Waals surface area contributed by atoms with Crippen LogP contribution in [0.15, 0.2) is 12.1 Å². The average Bonchev–Trinajstić information content (AvgIpc) is 1.96. The molecule has 0 aromatic heterocycles. The highest BCUT2D eigenvalue weighted by molar-refractivity contribution is 6.31. The van der Waals surface area contributed by atoms with Crippen LogP contribution in [0.4, 0.5) is 0 Å². The number of aryl methyl sites for hydroxylation is 2. The molecule has 1 aromatic rings. The van der Waals surface area contributed by atoms with E-state index in [4.69, 9.17) is 11.6 Å². The van der Waals surface area contributed by atoms with Gasteiger partial charge in [0, 0.05) is 5.02 Å². The van der Waals surface area contributed by atoms with Gasteiger partial charge in [-0.3, -0.25) is 0 Å². The van der Waals surface area contributed by atoms with Gasteiger partial charge in [-0.25, -0.2) is 0 Å². The summed E-state index contributed by atoms with van der Waals surface area (Å²) < 4.78 is 0. The largest absolute Gasteiger partial charge is 0.0840 e. The lowest BCUT2D eigenvalue weighted by Gasteiger charge is -2.10. The van der Waals surface area contributed by atoms with Gasteiger partial charge in [-0.05, 0) is 42.5 Å². The molecule has 0 nitrogen and oxygen atoms in total. The van der Waals surface area contributed by atoms with Crippen LogP contribution in [-0.2, 0) is 0 Å². The molecule has 0 amide bonds. The zero-order valence-corrected chi connectivity index (χ0v) is 8.87. The predicted molar refractivity (Wildman–Crippen MR) is 55.0 cm³/mol. The Kier molecular flexibility index (Phi) is 2.79. The first kappa shape index (κ1) is 9.60. The minimum Gasteiger partial charge on any atom is -0.0840 e. The predicted octanol–water partition coefficient (Wildman–Crippen LogP) is 4.08. The molecular formula is C11H15Cl. The highest BCUT2D eigenvalue weighted by Gasteiger charge is 2.06. The number of halogens is 1. The quantitative estimate of drug-likeness (QED) is 0.614. The van der Waals surface area contributed by atoms with Crippen LogP contribution in [0, 0.1) is 13.8 Å². The lowest BCUT2D eigenvalue weighted by molar-refractivity contribution is 0.864. The van der Waals surface area contributed by atoms with Gasteiger partial charge < -0.3 is 0 Å². The Morgan fingerprint density at radius 2 is 1.58 bits per heavy atom. The second-order valence-electron chi connectivity index (χ2n) is 3.61. The monoisotopic (exact) mass is 182 g/mol. The molecule has 1 aromatic carbocycles. The Balaban J connectivity index is 3.23. The number of benzene rings is 1. The molecule has 0 radical (unpaired) electrons. The first-order chi connectivity index (χ1) is 5.52. The Morgan fingerprint density at radius 1 is 1.08 bits per heavy atom. The molecule has 0 heterocycles. The fraction of sp³-hybridized carbons (Fsp3) is 0.455. The molecule has 0 fully saturated rings. The van der Waals surface area contributed by atoms with E-state index >= 15 is 0 Å². The van der Waals surface area contributed by atoms with Crippen molar-refractivity contribution >= 4 is 11.6 Å². The third-order valence-corrected chi connectivity index (χ3v) is 2.56. The fourth-order valence-corrected chi connectivity index (χ4v) is 1.68. The number of hydrogen-bond acceptors (Lipinski definition) is 0. The van der Waals surface area contributed by atoms with E-state index < -0.39 is 0 Å². The van der Waals surface area contributed by atoms with Crippen molar-refractivity contribution in [2.24, 2.45) is 0 Å². The fourth-order valence-electron chi connectivity index (χ4n) is 1.25. The molecule has 0 aliphatic heterocycles. The van der Waals surface area contributed by atoms with Gasteiger partial charge in [0.1, 0.15) is 0 Å². The molecule has 0 saturated carbocycles. The van der Waals surface area contributed by atoms with Gasteiger partial charge in [0.15, 0.2) is 0 Å². The van der Waals surface area contributed by atoms with Crippen LogP contribution >= 0.6 is 11.6 Å². The Bertz CT molecular complexity index is 287. The first-order valence-corrected chi connectivity index (χ1v) is 4.67. The van der Waals surface area contributed by atoms with E-state index in [2.05, 4.69) is 33.8 Å². The molecule has 66 valence electrons. The van der Waals surface area contributed by atoms with Gasteiger partial charge in [0.05, 0.1) is 0 Å². The summed E-state index contributed by atoms with van der Waals surface area (Å²) in [5, 5.41) is 0.896. The van der Waals surface area contributed by atoms with Crippen LogP contribution in [0.2, 0.25) is 5.02 Å². The maximum absolute atomic E-state index is 6.10. The molecule has 0 spiro atoms. The van der Waals surface area contributed by atoms with Crippen molar-refractivity contribution in [3.63, 3.8) is 0 Å². The van der Waals surface area contributed by atoms with E-state index in [1.54, 1.807) is 0 Å². The number of rotatable bonds is 1. The minimum atomic E-state index is 0.511. The Morgan fingerprint density at radius 3 is 2.08 bits per heavy atom. The van der Waals surface area contributed by atoms with Crippen molar-refractivity contribution in [3.8, 4) is 0 Å². The molecule has 12 heavy (non-hydrogen) atoms. The average molecular weight is 183 g/mol. The van der Waals surface area contributed by atoms with E-state index in [0.29, 0.717) is 5.92 Å². The van der Waals surface area contributed by atoms with E-state index in [9.17, 15) is 0 Å². The van der Waals surface area contributed by atoms with Gasteiger partial charge in [0.2, 0.25) is 0 Å². The summed E-state index contributed by atoms with van der Waals surface area (Å²) in [6.45, 7) is 8.54. The SMILES string of the molecule is Cc1cc(Cl)c(C(C)C)cc1C. The Labute approximate surface area is 79.6 Å². The Hall–Kier alpha value is -0.490. The van der Waals surface area contributed by atoms with E-state index in [1.165, 1.54) is 16.7 Å². The van der Waals surface area contributed by atoms with Gasteiger partial charge >= 0.3 is 0 Å². The van der Waals surface area contributed by atoms with Crippen LogP contribution in [0.1, 0.15) is 36.5 Å². The van der Waals surface area contributed by atoms with Gasteiger partial charge in [-0.1, -0.05) is 31.5 Å². The summed E-state index contributed by atoms with van der Waals surface area (Å²) in [5.41, 5.74) is 3.84. The summed E-state index contributed by atoms with van der Waals surface area (Å²) in [6, 6.07) is 4.23. The molecule has 1 heteroatoms. The molecular weight excluding hydrogens is 168 g/mol. The smallest absolute Gasteiger partial charge is 0.0443 e. The molecule has 0 saturated heterocycles. The topological polar surface area (TPSA) is 0 Å². The minimum absolute atomic E-state index is 0.511. The van der Waals surface area contributed by atoms with Crippen molar-refractivity contribution in [3.05, 3.63) is 33.8 Å². The van der Waals surface area contributed by atoms with E-state index in [1.807, 2.05) is 6.07 Å². The summed E-state index contributed by atoms with van der Waals surface area (Å²) >= 11 is 6.10. The van der Waals surface area contributed by atoms with Crippen LogP contribution < -0.4 is 0 Å². The van der Waals surface area contributed by atoms with Crippen LogP contribution in [0.25, 0.3) is 0 Å². The summed E-state index contributed by atoms with van der Waals surface area (Å²) in [6.07, 6.45) is 0. The molecule has 0 N–H and O–H groups in total. The van der Waals surface area contributed by atoms with Crippen molar-refractivity contribution in [1.82, 2.24) is 0 Å². The molecule has 0 unspecified atom stereocenters. The maximum Gasteiger partial charge on any atom is 0.0443 e. The zero-order valence-electron chi connectivity index (χ0n) is 8.11. The summed E-state index contributed by atoms with van der Waals surface area (Å²) in [5.74, 6) is 0.511. The third kappa shape index (κ3) is 1.81. The summed E-state index contributed by atoms with van der Waals surface area (Å²) in [4.78, 5) is 0.